The zero-order chi connectivity index (χ0) is 28.2. The molecule has 10 nitrogen and oxygen atoms in total. The molecule has 1 atom stereocenters. The number of anilines is 2. The van der Waals surface area contributed by atoms with Crippen molar-refractivity contribution in [2.75, 3.05) is 30.2 Å². The van der Waals surface area contributed by atoms with Crippen LogP contribution in [-0.2, 0) is 9.59 Å². The number of nitrogens with two attached hydrogens (primary N) is 1. The van der Waals surface area contributed by atoms with Gasteiger partial charge in [-0.15, -0.1) is 10.2 Å². The van der Waals surface area contributed by atoms with Gasteiger partial charge in [0, 0.05) is 41.6 Å². The normalized spacial score (nSPS) is 16.9. The number of methoxy groups -OCH3 is 2. The summed E-state index contributed by atoms with van der Waals surface area (Å²) in [5, 5.41) is 22.0. The van der Waals surface area contributed by atoms with E-state index in [2.05, 4.69) is 21.6 Å². The fourth-order valence-corrected chi connectivity index (χ4v) is 6.52. The van der Waals surface area contributed by atoms with Crippen LogP contribution in [-0.4, -0.2) is 41.9 Å². The second kappa shape index (κ2) is 11.8. The molecule has 1 aliphatic heterocycles. The molecule has 0 saturated heterocycles. The average Bonchev–Trinajstić information content (AvgIpc) is 3.44. The minimum absolute atomic E-state index is 0.00492. The minimum atomic E-state index is -0.522. The first-order chi connectivity index (χ1) is 19.4. The van der Waals surface area contributed by atoms with E-state index in [1.807, 2.05) is 30.3 Å². The predicted octanol–water partition coefficient (Wildman–Crippen LogP) is 4.59. The molecule has 40 heavy (non-hydrogen) atoms. The van der Waals surface area contributed by atoms with E-state index in [1.54, 1.807) is 23.1 Å². The highest BCUT2D eigenvalue weighted by molar-refractivity contribution is 8.01. The van der Waals surface area contributed by atoms with Gasteiger partial charge in [-0.05, 0) is 18.4 Å². The number of carbonyl (C=O) groups is 2. The summed E-state index contributed by atoms with van der Waals surface area (Å²) >= 11 is 2.47. The molecule has 204 valence electrons. The zero-order valence-corrected chi connectivity index (χ0v) is 23.5. The number of allylic oxidation sites excluding steroid dienone is 3. The third-order valence-corrected chi connectivity index (χ3v) is 8.64. The Kier molecular flexibility index (Phi) is 8.04. The van der Waals surface area contributed by atoms with Crippen molar-refractivity contribution in [3.8, 4) is 17.6 Å². The van der Waals surface area contributed by atoms with Crippen molar-refractivity contribution in [2.24, 2.45) is 5.73 Å². The lowest BCUT2D eigenvalue weighted by Gasteiger charge is -2.38. The number of nitrogens with one attached hydrogen (secondary N) is 1. The standard InChI is InChI=1S/C28H26N6O4S2/c1-37-18-11-17(12-19(13-18)38-2)31-23(36)15-39-28-33-32-27(40-28)34-21-9-6-10-22(35)25(21)24(20(14-29)26(34)30)16-7-4-3-5-8-16/h3-5,7-8,11-13,24H,6,9-10,15,30H2,1-2H3,(H,31,36). The molecule has 1 aromatic heterocycles. The molecule has 0 spiro atoms. The van der Waals surface area contributed by atoms with Gasteiger partial charge in [0.25, 0.3) is 0 Å². The van der Waals surface area contributed by atoms with E-state index in [0.29, 0.717) is 57.1 Å². The van der Waals surface area contributed by atoms with Crippen molar-refractivity contribution in [3.05, 3.63) is 76.8 Å². The van der Waals surface area contributed by atoms with Crippen molar-refractivity contribution in [1.29, 1.82) is 5.26 Å². The smallest absolute Gasteiger partial charge is 0.234 e. The fraction of sp³-hybridized carbons (Fsp3) is 0.250. The van der Waals surface area contributed by atoms with Crippen LogP contribution in [0.2, 0.25) is 0 Å². The van der Waals surface area contributed by atoms with E-state index in [4.69, 9.17) is 15.2 Å². The van der Waals surface area contributed by atoms with Crippen molar-refractivity contribution in [3.63, 3.8) is 0 Å². The SMILES string of the molecule is COc1cc(NC(=O)CSc2nnc(N3C(N)=C(C#N)C(c4ccccc4)C4=C3CCCC4=O)s2)cc(OC)c1. The molecule has 0 bridgehead atoms. The number of amides is 1. The molecule has 2 aliphatic rings. The molecular formula is C28H26N6O4S2. The van der Waals surface area contributed by atoms with Gasteiger partial charge in [0.2, 0.25) is 11.0 Å². The molecule has 2 heterocycles. The Labute approximate surface area is 239 Å². The number of hydrogen-bond acceptors (Lipinski definition) is 11. The van der Waals surface area contributed by atoms with Gasteiger partial charge in [0.1, 0.15) is 17.3 Å². The number of ketones is 1. The summed E-state index contributed by atoms with van der Waals surface area (Å²) in [4.78, 5) is 27.6. The third kappa shape index (κ3) is 5.38. The Balaban J connectivity index is 1.38. The first-order valence-electron chi connectivity index (χ1n) is 12.4. The molecular weight excluding hydrogens is 548 g/mol. The van der Waals surface area contributed by atoms with Gasteiger partial charge in [-0.25, -0.2) is 0 Å². The van der Waals surface area contributed by atoms with E-state index in [9.17, 15) is 14.9 Å². The number of hydrogen-bond donors (Lipinski definition) is 2. The molecule has 1 unspecified atom stereocenters. The van der Waals surface area contributed by atoms with Gasteiger partial charge in [0.05, 0.1) is 37.5 Å². The second-order valence-corrected chi connectivity index (χ2v) is 11.2. The maximum absolute atomic E-state index is 13.2. The Hall–Kier alpha value is -4.34. The number of aromatic nitrogens is 2. The van der Waals surface area contributed by atoms with Crippen LogP contribution in [0.4, 0.5) is 10.8 Å². The highest BCUT2D eigenvalue weighted by Gasteiger charge is 2.41. The predicted molar refractivity (Wildman–Crippen MR) is 153 cm³/mol. The maximum Gasteiger partial charge on any atom is 0.234 e. The van der Waals surface area contributed by atoms with Crippen LogP contribution in [0, 0.1) is 11.3 Å². The first-order valence-corrected chi connectivity index (χ1v) is 14.2. The summed E-state index contributed by atoms with van der Waals surface area (Å²) in [6.45, 7) is 0. The molecule has 5 rings (SSSR count). The molecule has 0 radical (unpaired) electrons. The number of benzene rings is 2. The summed E-state index contributed by atoms with van der Waals surface area (Å²) in [7, 11) is 3.08. The number of nitriles is 1. The number of carbonyl (C=O) groups excluding carboxylic acids is 2. The molecule has 1 amide bonds. The van der Waals surface area contributed by atoms with Gasteiger partial charge in [0.15, 0.2) is 10.1 Å². The molecule has 0 fully saturated rings. The van der Waals surface area contributed by atoms with Crippen LogP contribution in [0.1, 0.15) is 30.7 Å². The lowest BCUT2D eigenvalue weighted by molar-refractivity contribution is -0.116. The number of rotatable bonds is 8. The largest absolute Gasteiger partial charge is 0.497 e. The van der Waals surface area contributed by atoms with Gasteiger partial charge in [-0.1, -0.05) is 53.4 Å². The summed E-state index contributed by atoms with van der Waals surface area (Å²) in [5.41, 5.74) is 9.62. The fourth-order valence-electron chi connectivity index (χ4n) is 4.84. The summed E-state index contributed by atoms with van der Waals surface area (Å²) < 4.78 is 11.1. The van der Waals surface area contributed by atoms with Crippen molar-refractivity contribution < 1.29 is 19.1 Å². The van der Waals surface area contributed by atoms with Gasteiger partial charge in [-0.2, -0.15) is 5.26 Å². The molecule has 0 saturated carbocycles. The summed E-state index contributed by atoms with van der Waals surface area (Å²) in [6.07, 6.45) is 1.72. The van der Waals surface area contributed by atoms with Crippen LogP contribution in [0.3, 0.4) is 0 Å². The van der Waals surface area contributed by atoms with E-state index in [-0.39, 0.29) is 23.3 Å². The topological polar surface area (TPSA) is 143 Å². The number of Topliss-reactive ketones (excluding diaryl/α,β-unsaturated/α-hetero) is 1. The van der Waals surface area contributed by atoms with Gasteiger partial charge < -0.3 is 20.5 Å². The lowest BCUT2D eigenvalue weighted by atomic mass is 9.76. The molecule has 12 heteroatoms. The maximum atomic E-state index is 13.2. The average molecular weight is 575 g/mol. The van der Waals surface area contributed by atoms with E-state index >= 15 is 0 Å². The second-order valence-electron chi connectivity index (χ2n) is 9.02. The van der Waals surface area contributed by atoms with Crippen molar-refractivity contribution >= 4 is 45.6 Å². The molecule has 1 aliphatic carbocycles. The first kappa shape index (κ1) is 27.2. The molecule has 3 aromatic rings. The lowest BCUT2D eigenvalue weighted by Crippen LogP contribution is -2.38. The highest BCUT2D eigenvalue weighted by Crippen LogP contribution is 2.47. The van der Waals surface area contributed by atoms with Gasteiger partial charge in [-0.3, -0.25) is 14.5 Å². The van der Waals surface area contributed by atoms with Crippen LogP contribution >= 0.6 is 23.1 Å². The Morgan fingerprint density at radius 2 is 1.90 bits per heavy atom. The molecule has 3 N–H and O–H groups in total. The third-order valence-electron chi connectivity index (χ3n) is 6.60. The number of thioether (sulfide) groups is 1. The van der Waals surface area contributed by atoms with Crippen LogP contribution < -0.4 is 25.4 Å². The van der Waals surface area contributed by atoms with Gasteiger partial charge >= 0.3 is 0 Å². The highest BCUT2D eigenvalue weighted by atomic mass is 32.2. The summed E-state index contributed by atoms with van der Waals surface area (Å²) in [5.74, 6) is 0.688. The minimum Gasteiger partial charge on any atom is -0.497 e. The Morgan fingerprint density at radius 3 is 2.58 bits per heavy atom. The van der Waals surface area contributed by atoms with Crippen LogP contribution in [0.25, 0.3) is 0 Å². The Morgan fingerprint density at radius 1 is 1.18 bits per heavy atom. The van der Waals surface area contributed by atoms with Crippen molar-refractivity contribution in [1.82, 2.24) is 10.2 Å². The zero-order valence-electron chi connectivity index (χ0n) is 21.8. The van der Waals surface area contributed by atoms with Crippen molar-refractivity contribution in [2.45, 2.75) is 29.5 Å². The number of ether oxygens (including phenoxy) is 2. The van der Waals surface area contributed by atoms with E-state index in [0.717, 1.165) is 11.3 Å². The quantitative estimate of drug-likeness (QED) is 0.367. The van der Waals surface area contributed by atoms with Crippen LogP contribution in [0.15, 0.2) is 75.5 Å². The Bertz CT molecular complexity index is 1540. The van der Waals surface area contributed by atoms with E-state index < -0.39 is 5.92 Å². The van der Waals surface area contributed by atoms with Crippen LogP contribution in [0.5, 0.6) is 11.5 Å². The summed E-state index contributed by atoms with van der Waals surface area (Å²) in [6, 6.07) is 16.8. The number of nitrogens with zero attached hydrogens (tertiary/aromatic N) is 4. The molecule has 2 aromatic carbocycles. The van der Waals surface area contributed by atoms with E-state index in [1.165, 1.54) is 37.3 Å². The monoisotopic (exact) mass is 574 g/mol.